The molecular formula is C10H18BrN. The third-order valence-corrected chi connectivity index (χ3v) is 3.13. The lowest BCUT2D eigenvalue weighted by Gasteiger charge is -2.37. The SMILES string of the molecule is C=C(Br)CN1CCCC(C)C1C. The molecule has 1 heterocycles. The summed E-state index contributed by atoms with van der Waals surface area (Å²) < 4.78 is 1.10. The van der Waals surface area contributed by atoms with Crippen LogP contribution in [0.15, 0.2) is 11.1 Å². The molecule has 0 aliphatic carbocycles. The maximum atomic E-state index is 3.88. The number of piperidine rings is 1. The molecule has 0 radical (unpaired) electrons. The van der Waals surface area contributed by atoms with Gasteiger partial charge in [0.1, 0.15) is 0 Å². The van der Waals surface area contributed by atoms with Crippen molar-refractivity contribution in [3.63, 3.8) is 0 Å². The van der Waals surface area contributed by atoms with Crippen molar-refractivity contribution in [1.82, 2.24) is 4.90 Å². The van der Waals surface area contributed by atoms with E-state index in [0.717, 1.165) is 16.9 Å². The van der Waals surface area contributed by atoms with E-state index in [1.807, 2.05) is 0 Å². The van der Waals surface area contributed by atoms with Gasteiger partial charge < -0.3 is 0 Å². The second kappa shape index (κ2) is 4.43. The Bertz CT molecular complexity index is 167. The number of likely N-dealkylation sites (tertiary alicyclic amines) is 1. The molecule has 1 saturated heterocycles. The van der Waals surface area contributed by atoms with Gasteiger partial charge in [-0.3, -0.25) is 4.90 Å². The van der Waals surface area contributed by atoms with Crippen molar-refractivity contribution >= 4 is 15.9 Å². The van der Waals surface area contributed by atoms with Gasteiger partial charge in [0, 0.05) is 17.1 Å². The Labute approximate surface area is 84.0 Å². The molecule has 2 atom stereocenters. The highest BCUT2D eigenvalue weighted by Crippen LogP contribution is 2.23. The van der Waals surface area contributed by atoms with E-state index in [0.29, 0.717) is 6.04 Å². The van der Waals surface area contributed by atoms with Crippen LogP contribution in [-0.4, -0.2) is 24.0 Å². The molecule has 1 fully saturated rings. The molecule has 0 saturated carbocycles. The van der Waals surface area contributed by atoms with Crippen LogP contribution in [0.25, 0.3) is 0 Å². The van der Waals surface area contributed by atoms with Gasteiger partial charge in [-0.25, -0.2) is 0 Å². The van der Waals surface area contributed by atoms with Crippen LogP contribution in [0.3, 0.4) is 0 Å². The molecule has 0 aromatic heterocycles. The van der Waals surface area contributed by atoms with E-state index in [-0.39, 0.29) is 0 Å². The number of hydrogen-bond acceptors (Lipinski definition) is 1. The minimum Gasteiger partial charge on any atom is -0.296 e. The first kappa shape index (κ1) is 10.3. The van der Waals surface area contributed by atoms with Gasteiger partial charge in [-0.05, 0) is 32.2 Å². The fourth-order valence-electron chi connectivity index (χ4n) is 1.86. The zero-order chi connectivity index (χ0) is 9.14. The highest BCUT2D eigenvalue weighted by atomic mass is 79.9. The third-order valence-electron chi connectivity index (χ3n) is 2.88. The lowest BCUT2D eigenvalue weighted by atomic mass is 9.92. The fraction of sp³-hybridized carbons (Fsp3) is 0.800. The smallest absolute Gasteiger partial charge is 0.0296 e. The third kappa shape index (κ3) is 2.60. The van der Waals surface area contributed by atoms with E-state index >= 15 is 0 Å². The lowest BCUT2D eigenvalue weighted by molar-refractivity contribution is 0.127. The predicted molar refractivity (Wildman–Crippen MR) is 57.5 cm³/mol. The standard InChI is InChI=1S/C10H18BrN/c1-8-5-4-6-12(10(8)3)7-9(2)11/h8,10H,2,4-7H2,1,3H3. The molecule has 1 aliphatic rings. The summed E-state index contributed by atoms with van der Waals surface area (Å²) in [5.74, 6) is 0.839. The molecule has 0 N–H and O–H groups in total. The lowest BCUT2D eigenvalue weighted by Crippen LogP contribution is -2.42. The van der Waals surface area contributed by atoms with E-state index in [4.69, 9.17) is 0 Å². The first-order valence-corrected chi connectivity index (χ1v) is 5.48. The van der Waals surface area contributed by atoms with Crippen molar-refractivity contribution in [2.24, 2.45) is 5.92 Å². The summed E-state index contributed by atoms with van der Waals surface area (Å²) in [6.07, 6.45) is 2.72. The number of rotatable bonds is 2. The molecule has 1 nitrogen and oxygen atoms in total. The maximum Gasteiger partial charge on any atom is 0.0296 e. The Balaban J connectivity index is 2.46. The Morgan fingerprint density at radius 2 is 2.25 bits per heavy atom. The largest absolute Gasteiger partial charge is 0.296 e. The van der Waals surface area contributed by atoms with Gasteiger partial charge in [0.25, 0.3) is 0 Å². The van der Waals surface area contributed by atoms with E-state index < -0.39 is 0 Å². The van der Waals surface area contributed by atoms with Crippen LogP contribution < -0.4 is 0 Å². The molecule has 0 aromatic carbocycles. The van der Waals surface area contributed by atoms with Crippen molar-refractivity contribution in [2.45, 2.75) is 32.7 Å². The van der Waals surface area contributed by atoms with E-state index in [2.05, 4.69) is 41.3 Å². The van der Waals surface area contributed by atoms with Crippen molar-refractivity contribution in [2.75, 3.05) is 13.1 Å². The summed E-state index contributed by atoms with van der Waals surface area (Å²) >= 11 is 3.42. The highest BCUT2D eigenvalue weighted by molar-refractivity contribution is 9.11. The number of nitrogens with zero attached hydrogens (tertiary/aromatic N) is 1. The molecule has 0 bridgehead atoms. The average Bonchev–Trinajstić information content (AvgIpc) is 1.98. The molecular weight excluding hydrogens is 214 g/mol. The molecule has 70 valence electrons. The van der Waals surface area contributed by atoms with Crippen LogP contribution in [0.2, 0.25) is 0 Å². The summed E-state index contributed by atoms with van der Waals surface area (Å²) in [5.41, 5.74) is 0. The van der Waals surface area contributed by atoms with Gasteiger partial charge in [-0.1, -0.05) is 29.4 Å². The quantitative estimate of drug-likeness (QED) is 0.707. The van der Waals surface area contributed by atoms with Crippen molar-refractivity contribution in [3.8, 4) is 0 Å². The Morgan fingerprint density at radius 3 is 2.83 bits per heavy atom. The van der Waals surface area contributed by atoms with E-state index in [1.165, 1.54) is 19.4 Å². The topological polar surface area (TPSA) is 3.24 Å². The molecule has 2 heteroatoms. The van der Waals surface area contributed by atoms with Crippen LogP contribution in [0.1, 0.15) is 26.7 Å². The number of halogens is 1. The summed E-state index contributed by atoms with van der Waals surface area (Å²) in [7, 11) is 0. The van der Waals surface area contributed by atoms with E-state index in [9.17, 15) is 0 Å². The molecule has 1 aliphatic heterocycles. The molecule has 0 amide bonds. The van der Waals surface area contributed by atoms with Crippen molar-refractivity contribution in [1.29, 1.82) is 0 Å². The minimum absolute atomic E-state index is 0.716. The van der Waals surface area contributed by atoms with Crippen LogP contribution >= 0.6 is 15.9 Å². The van der Waals surface area contributed by atoms with Crippen LogP contribution in [0, 0.1) is 5.92 Å². The first-order chi connectivity index (χ1) is 5.61. The van der Waals surface area contributed by atoms with Gasteiger partial charge in [0.2, 0.25) is 0 Å². The zero-order valence-corrected chi connectivity index (χ0v) is 9.60. The van der Waals surface area contributed by atoms with E-state index in [1.54, 1.807) is 0 Å². The first-order valence-electron chi connectivity index (χ1n) is 4.68. The second-order valence-corrected chi connectivity index (χ2v) is 4.97. The summed E-state index contributed by atoms with van der Waals surface area (Å²) in [4.78, 5) is 2.51. The van der Waals surface area contributed by atoms with Crippen LogP contribution in [0.4, 0.5) is 0 Å². The summed E-state index contributed by atoms with van der Waals surface area (Å²) in [6, 6.07) is 0.716. The van der Waals surface area contributed by atoms with Crippen molar-refractivity contribution in [3.05, 3.63) is 11.1 Å². The minimum atomic E-state index is 0.716. The summed E-state index contributed by atoms with van der Waals surface area (Å²) in [6.45, 7) is 10.8. The van der Waals surface area contributed by atoms with Crippen LogP contribution in [0.5, 0.6) is 0 Å². The van der Waals surface area contributed by atoms with Gasteiger partial charge in [0.15, 0.2) is 0 Å². The monoisotopic (exact) mass is 231 g/mol. The van der Waals surface area contributed by atoms with Gasteiger partial charge in [0.05, 0.1) is 0 Å². The number of hydrogen-bond donors (Lipinski definition) is 0. The van der Waals surface area contributed by atoms with Gasteiger partial charge in [-0.2, -0.15) is 0 Å². The summed E-state index contributed by atoms with van der Waals surface area (Å²) in [5, 5.41) is 0. The normalized spacial score (nSPS) is 31.9. The maximum absolute atomic E-state index is 3.88. The molecule has 0 aromatic rings. The molecule has 1 rings (SSSR count). The van der Waals surface area contributed by atoms with Gasteiger partial charge >= 0.3 is 0 Å². The Morgan fingerprint density at radius 1 is 1.58 bits per heavy atom. The molecule has 2 unspecified atom stereocenters. The van der Waals surface area contributed by atoms with Crippen LogP contribution in [-0.2, 0) is 0 Å². The highest BCUT2D eigenvalue weighted by Gasteiger charge is 2.24. The Kier molecular flexibility index (Phi) is 3.78. The average molecular weight is 232 g/mol. The Hall–Kier alpha value is 0.180. The predicted octanol–water partition coefficient (Wildman–Crippen LogP) is 3.02. The zero-order valence-electron chi connectivity index (χ0n) is 8.02. The van der Waals surface area contributed by atoms with Gasteiger partial charge in [-0.15, -0.1) is 0 Å². The molecule has 0 spiro atoms. The fourth-order valence-corrected chi connectivity index (χ4v) is 2.19. The molecule has 12 heavy (non-hydrogen) atoms. The second-order valence-electron chi connectivity index (χ2n) is 3.85. The van der Waals surface area contributed by atoms with Crippen molar-refractivity contribution < 1.29 is 0 Å².